The van der Waals surface area contributed by atoms with Crippen molar-refractivity contribution in [1.82, 2.24) is 5.32 Å². The topological polar surface area (TPSA) is 99.8 Å². The van der Waals surface area contributed by atoms with Crippen LogP contribution in [0.3, 0.4) is 0 Å². The maximum absolute atomic E-state index is 12.1. The normalized spacial score (nSPS) is 12.3. The average molecular weight is 312 g/mol. The number of fused-ring (bicyclic) bond motifs is 1. The molecule has 2 rings (SSSR count). The third-order valence-corrected chi connectivity index (χ3v) is 3.36. The van der Waals surface area contributed by atoms with Crippen LogP contribution in [0.15, 0.2) is 22.6 Å². The largest absolute Gasteiger partial charge is 0.480 e. The van der Waals surface area contributed by atoms with Gasteiger partial charge in [0.25, 0.3) is 5.91 Å². The molecule has 1 amide bonds. The van der Waals surface area contributed by atoms with Crippen molar-refractivity contribution >= 4 is 34.4 Å². The van der Waals surface area contributed by atoms with Crippen LogP contribution in [0.5, 0.6) is 0 Å². The first-order chi connectivity index (χ1) is 9.93. The molecule has 6 nitrogen and oxygen atoms in total. The smallest absolute Gasteiger partial charge is 0.326 e. The van der Waals surface area contributed by atoms with Crippen molar-refractivity contribution < 1.29 is 24.2 Å². The third kappa shape index (κ3) is 3.17. The van der Waals surface area contributed by atoms with Crippen LogP contribution in [-0.2, 0) is 4.79 Å². The molecule has 0 spiro atoms. The van der Waals surface area contributed by atoms with Crippen LogP contribution in [-0.4, -0.2) is 34.7 Å². The number of furan rings is 1. The second kappa shape index (κ2) is 6.15. The molecule has 1 heterocycles. The van der Waals surface area contributed by atoms with Crippen molar-refractivity contribution in [3.63, 3.8) is 0 Å². The predicted octanol–water partition coefficient (Wildman–Crippen LogP) is 1.96. The molecule has 1 aromatic heterocycles. The Hall–Kier alpha value is -2.05. The van der Waals surface area contributed by atoms with Crippen LogP contribution < -0.4 is 5.32 Å². The molecule has 1 atom stereocenters. The van der Waals surface area contributed by atoms with Gasteiger partial charge in [-0.15, -0.1) is 0 Å². The Kier molecular flexibility index (Phi) is 4.50. The van der Waals surface area contributed by atoms with E-state index in [4.69, 9.17) is 26.2 Å². The Morgan fingerprint density at radius 2 is 2.14 bits per heavy atom. The van der Waals surface area contributed by atoms with Gasteiger partial charge in [0.05, 0.1) is 0 Å². The van der Waals surface area contributed by atoms with Gasteiger partial charge in [0, 0.05) is 29.0 Å². The summed E-state index contributed by atoms with van der Waals surface area (Å²) in [7, 11) is 0. The first kappa shape index (κ1) is 15.3. The lowest BCUT2D eigenvalue weighted by atomic mass is 10.1. The van der Waals surface area contributed by atoms with Crippen molar-refractivity contribution in [1.29, 1.82) is 0 Å². The van der Waals surface area contributed by atoms with Gasteiger partial charge in [-0.25, -0.2) is 4.79 Å². The van der Waals surface area contributed by atoms with Crippen LogP contribution in [0, 0.1) is 6.92 Å². The number of hydrogen-bond donors (Lipinski definition) is 3. The first-order valence-electron chi connectivity index (χ1n) is 6.27. The lowest BCUT2D eigenvalue weighted by molar-refractivity contribution is -0.139. The molecule has 2 aromatic rings. The van der Waals surface area contributed by atoms with Crippen LogP contribution in [0.2, 0.25) is 5.02 Å². The molecular formula is C14H14ClNO5. The average Bonchev–Trinajstić information content (AvgIpc) is 2.75. The molecule has 0 bridgehead atoms. The van der Waals surface area contributed by atoms with Crippen molar-refractivity contribution in [2.24, 2.45) is 0 Å². The summed E-state index contributed by atoms with van der Waals surface area (Å²) < 4.78 is 5.45. The van der Waals surface area contributed by atoms with Gasteiger partial charge < -0.3 is 19.9 Å². The number of amides is 1. The predicted molar refractivity (Wildman–Crippen MR) is 76.6 cm³/mol. The van der Waals surface area contributed by atoms with Crippen LogP contribution >= 0.6 is 11.6 Å². The summed E-state index contributed by atoms with van der Waals surface area (Å²) in [6.45, 7) is 1.35. The second-order valence-corrected chi connectivity index (χ2v) is 5.01. The number of benzene rings is 1. The number of aliphatic hydroxyl groups excluding tert-OH is 1. The van der Waals surface area contributed by atoms with Crippen molar-refractivity contribution in [2.75, 3.05) is 6.61 Å². The van der Waals surface area contributed by atoms with Gasteiger partial charge in [0.15, 0.2) is 5.76 Å². The molecule has 0 saturated heterocycles. The molecule has 3 N–H and O–H groups in total. The zero-order chi connectivity index (χ0) is 15.6. The Balaban J connectivity index is 2.31. The minimum absolute atomic E-state index is 0.0384. The Labute approximate surface area is 125 Å². The van der Waals surface area contributed by atoms with E-state index in [9.17, 15) is 9.59 Å². The van der Waals surface area contributed by atoms with Crippen LogP contribution in [0.4, 0.5) is 0 Å². The molecule has 0 radical (unpaired) electrons. The van der Waals surface area contributed by atoms with Gasteiger partial charge in [-0.1, -0.05) is 11.6 Å². The number of carbonyl (C=O) groups excluding carboxylic acids is 1. The van der Waals surface area contributed by atoms with Gasteiger partial charge >= 0.3 is 5.97 Å². The van der Waals surface area contributed by atoms with E-state index in [-0.39, 0.29) is 18.8 Å². The number of aryl methyl sites for hydroxylation is 1. The summed E-state index contributed by atoms with van der Waals surface area (Å²) in [5, 5.41) is 21.3. The van der Waals surface area contributed by atoms with E-state index in [0.29, 0.717) is 21.6 Å². The molecule has 0 saturated carbocycles. The number of nitrogens with one attached hydrogen (secondary N) is 1. The summed E-state index contributed by atoms with van der Waals surface area (Å²) >= 11 is 5.90. The monoisotopic (exact) mass is 311 g/mol. The van der Waals surface area contributed by atoms with E-state index < -0.39 is 17.9 Å². The minimum atomic E-state index is -1.21. The van der Waals surface area contributed by atoms with E-state index in [0.717, 1.165) is 0 Å². The van der Waals surface area contributed by atoms with Gasteiger partial charge in [0.1, 0.15) is 11.6 Å². The SMILES string of the molecule is Cc1c(C(=O)N[C@H](CCO)C(=O)O)oc2ccc(Cl)cc12. The highest BCUT2D eigenvalue weighted by atomic mass is 35.5. The first-order valence-corrected chi connectivity index (χ1v) is 6.65. The van der Waals surface area contributed by atoms with E-state index in [2.05, 4.69) is 5.32 Å². The summed E-state index contributed by atoms with van der Waals surface area (Å²) in [5.41, 5.74) is 1.08. The molecule has 0 unspecified atom stereocenters. The molecular weight excluding hydrogens is 298 g/mol. The number of hydrogen-bond acceptors (Lipinski definition) is 4. The minimum Gasteiger partial charge on any atom is -0.480 e. The fourth-order valence-electron chi connectivity index (χ4n) is 2.02. The number of halogens is 1. The van der Waals surface area contributed by atoms with Crippen LogP contribution in [0.25, 0.3) is 11.0 Å². The lowest BCUT2D eigenvalue weighted by Crippen LogP contribution is -2.41. The quantitative estimate of drug-likeness (QED) is 0.784. The fraction of sp³-hybridized carbons (Fsp3) is 0.286. The Bertz CT molecular complexity index is 694. The number of carboxylic acid groups (broad SMARTS) is 1. The number of carbonyl (C=O) groups is 2. The molecule has 1 aromatic carbocycles. The summed E-state index contributed by atoms with van der Waals surface area (Å²) in [6.07, 6.45) is -0.0772. The molecule has 0 fully saturated rings. The van der Waals surface area contributed by atoms with E-state index in [1.165, 1.54) is 0 Å². The third-order valence-electron chi connectivity index (χ3n) is 3.13. The lowest BCUT2D eigenvalue weighted by Gasteiger charge is -2.12. The highest BCUT2D eigenvalue weighted by Gasteiger charge is 2.24. The zero-order valence-electron chi connectivity index (χ0n) is 11.2. The number of carboxylic acids is 1. The summed E-state index contributed by atoms with van der Waals surface area (Å²) in [5.74, 6) is -1.81. The van der Waals surface area contributed by atoms with Gasteiger partial charge in [-0.2, -0.15) is 0 Å². The highest BCUT2D eigenvalue weighted by Crippen LogP contribution is 2.27. The second-order valence-electron chi connectivity index (χ2n) is 4.57. The maximum atomic E-state index is 12.1. The maximum Gasteiger partial charge on any atom is 0.326 e. The number of rotatable bonds is 5. The van der Waals surface area contributed by atoms with Gasteiger partial charge in [-0.3, -0.25) is 4.79 Å². The molecule has 7 heteroatoms. The number of aliphatic hydroxyl groups is 1. The van der Waals surface area contributed by atoms with E-state index in [1.54, 1.807) is 25.1 Å². The number of aliphatic carboxylic acids is 1. The molecule has 0 aliphatic rings. The van der Waals surface area contributed by atoms with Gasteiger partial charge in [0.2, 0.25) is 0 Å². The fourth-order valence-corrected chi connectivity index (χ4v) is 2.19. The highest BCUT2D eigenvalue weighted by molar-refractivity contribution is 6.31. The van der Waals surface area contributed by atoms with Crippen molar-refractivity contribution in [2.45, 2.75) is 19.4 Å². The van der Waals surface area contributed by atoms with Gasteiger partial charge in [-0.05, 0) is 25.1 Å². The van der Waals surface area contributed by atoms with Crippen LogP contribution in [0.1, 0.15) is 22.5 Å². The molecule has 21 heavy (non-hydrogen) atoms. The zero-order valence-corrected chi connectivity index (χ0v) is 12.0. The van der Waals surface area contributed by atoms with E-state index >= 15 is 0 Å². The van der Waals surface area contributed by atoms with E-state index in [1.807, 2.05) is 0 Å². The Morgan fingerprint density at radius 1 is 1.43 bits per heavy atom. The molecule has 112 valence electrons. The van der Waals surface area contributed by atoms with Crippen molar-refractivity contribution in [3.8, 4) is 0 Å². The van der Waals surface area contributed by atoms with Crippen molar-refractivity contribution in [3.05, 3.63) is 34.5 Å². The summed E-state index contributed by atoms with van der Waals surface area (Å²) in [6, 6.07) is 3.79. The molecule has 0 aliphatic carbocycles. The summed E-state index contributed by atoms with van der Waals surface area (Å²) in [4.78, 5) is 23.1. The standard InChI is InChI=1S/C14H14ClNO5/c1-7-9-6-8(15)2-3-11(9)21-12(7)13(18)16-10(4-5-17)14(19)20/h2-3,6,10,17H,4-5H2,1H3,(H,16,18)(H,19,20)/t10-/m1/s1. The molecule has 0 aliphatic heterocycles. The Morgan fingerprint density at radius 3 is 2.76 bits per heavy atom.